The van der Waals surface area contributed by atoms with E-state index >= 15 is 0 Å². The zero-order valence-corrected chi connectivity index (χ0v) is 13.0. The second-order valence-corrected chi connectivity index (χ2v) is 5.00. The predicted molar refractivity (Wildman–Crippen MR) is 59.5 cm³/mol. The summed E-state index contributed by atoms with van der Waals surface area (Å²) in [5.41, 5.74) is 1.44. The average molecular weight is 264 g/mol. The molecule has 88 valence electrons. The number of benzene rings is 1. The molecule has 0 aliphatic carbocycles. The van der Waals surface area contributed by atoms with Gasteiger partial charge in [-0.2, -0.15) is 0 Å². The van der Waals surface area contributed by atoms with Gasteiger partial charge in [0.1, 0.15) is 22.5 Å². The van der Waals surface area contributed by atoms with Crippen molar-refractivity contribution in [3.05, 3.63) is 35.9 Å². The number of hydrogen-bond donors (Lipinski definition) is 0. The Bertz CT molecular complexity index is 508. The summed E-state index contributed by atoms with van der Waals surface area (Å²) in [5.74, 6) is 0.0728. The van der Waals surface area contributed by atoms with Crippen molar-refractivity contribution in [2.24, 2.45) is 0 Å². The molecule has 0 heterocycles. The van der Waals surface area contributed by atoms with Crippen LogP contribution >= 0.6 is 0 Å². The molecule has 6 heteroatoms. The van der Waals surface area contributed by atoms with Crippen LogP contribution in [0.5, 0.6) is 5.75 Å². The van der Waals surface area contributed by atoms with Crippen molar-refractivity contribution in [1.29, 1.82) is 0 Å². The third-order valence-corrected chi connectivity index (χ3v) is 2.70. The van der Waals surface area contributed by atoms with E-state index in [4.69, 9.17) is 4.74 Å². The van der Waals surface area contributed by atoms with Gasteiger partial charge in [0, 0.05) is 0 Å². The van der Waals surface area contributed by atoms with Crippen LogP contribution in [0.2, 0.25) is 0 Å². The number of rotatable bonds is 4. The monoisotopic (exact) mass is 264 g/mol. The molecule has 1 aromatic carbocycles. The van der Waals surface area contributed by atoms with Crippen molar-refractivity contribution in [3.8, 4) is 5.75 Å². The number of aryl methyl sites for hydroxylation is 1. The maximum absolute atomic E-state index is 11.0. The quantitative estimate of drug-likeness (QED) is 0.391. The summed E-state index contributed by atoms with van der Waals surface area (Å²) >= 11 is 0. The smallest absolute Gasteiger partial charge is 0.744 e. The van der Waals surface area contributed by atoms with Crippen molar-refractivity contribution < 1.29 is 47.3 Å². The van der Waals surface area contributed by atoms with Gasteiger partial charge in [0.15, 0.2) is 0 Å². The molecule has 0 N–H and O–H groups in total. The minimum absolute atomic E-state index is 0. The first-order valence-electron chi connectivity index (χ1n) is 4.64. The molecule has 0 aliphatic rings. The molecule has 0 saturated heterocycles. The summed E-state index contributed by atoms with van der Waals surface area (Å²) in [5, 5.41) is 0. The maximum atomic E-state index is 11.0. The van der Waals surface area contributed by atoms with Gasteiger partial charge in [-0.1, -0.05) is 12.6 Å². The Morgan fingerprint density at radius 2 is 2.06 bits per heavy atom. The molecule has 0 aliphatic heterocycles. The van der Waals surface area contributed by atoms with Gasteiger partial charge in [0.05, 0.1) is 4.90 Å². The molecule has 0 atom stereocenters. The first kappa shape index (κ1) is 16.7. The van der Waals surface area contributed by atoms with E-state index in [0.717, 1.165) is 5.57 Å². The van der Waals surface area contributed by atoms with Crippen LogP contribution in [0.25, 0.3) is 0 Å². The average Bonchev–Trinajstić information content (AvgIpc) is 2.14. The summed E-state index contributed by atoms with van der Waals surface area (Å²) in [6.45, 7) is 7.27. The molecule has 0 unspecified atom stereocenters. The molecule has 0 aromatic heterocycles. The standard InChI is InChI=1S/C11H14O4S.Na/c1-8(2)7-15-10-5-4-9(3)6-11(10)16(12,13)14;/h4-6H,1,7H2,2-3H3,(H,12,13,14);/q;+1/p-1. The largest absolute Gasteiger partial charge is 1.00 e. The fourth-order valence-electron chi connectivity index (χ4n) is 1.13. The predicted octanol–water partition coefficient (Wildman–Crippen LogP) is -1.14. The van der Waals surface area contributed by atoms with Crippen LogP contribution < -0.4 is 34.3 Å². The van der Waals surface area contributed by atoms with Crippen LogP contribution in [0, 0.1) is 6.92 Å². The van der Waals surface area contributed by atoms with E-state index < -0.39 is 10.1 Å². The van der Waals surface area contributed by atoms with Crippen molar-refractivity contribution in [1.82, 2.24) is 0 Å². The van der Waals surface area contributed by atoms with E-state index in [1.54, 1.807) is 19.9 Å². The molecule has 0 spiro atoms. The molecule has 0 fully saturated rings. The van der Waals surface area contributed by atoms with E-state index in [0.29, 0.717) is 5.56 Å². The third-order valence-electron chi connectivity index (χ3n) is 1.84. The van der Waals surface area contributed by atoms with Crippen LogP contribution in [0.4, 0.5) is 0 Å². The van der Waals surface area contributed by atoms with Gasteiger partial charge < -0.3 is 9.29 Å². The summed E-state index contributed by atoms with van der Waals surface area (Å²) in [6, 6.07) is 4.46. The van der Waals surface area contributed by atoms with E-state index in [1.807, 2.05) is 0 Å². The second kappa shape index (κ2) is 6.56. The minimum Gasteiger partial charge on any atom is -0.744 e. The van der Waals surface area contributed by atoms with E-state index in [-0.39, 0.29) is 46.8 Å². The SMILES string of the molecule is C=C(C)COc1ccc(C)cc1S(=O)(=O)[O-].[Na+]. The maximum Gasteiger partial charge on any atom is 1.00 e. The Kier molecular flexibility index (Phi) is 6.43. The molecular weight excluding hydrogens is 251 g/mol. The van der Waals surface area contributed by atoms with Crippen LogP contribution in [0.15, 0.2) is 35.2 Å². The van der Waals surface area contributed by atoms with Gasteiger partial charge in [-0.25, -0.2) is 8.42 Å². The fraction of sp³-hybridized carbons (Fsp3) is 0.273. The first-order chi connectivity index (χ1) is 7.30. The fourth-order valence-corrected chi connectivity index (χ4v) is 1.83. The molecule has 0 radical (unpaired) electrons. The van der Waals surface area contributed by atoms with Crippen LogP contribution in [0.3, 0.4) is 0 Å². The Balaban J connectivity index is 0.00000256. The molecule has 0 saturated carbocycles. The summed E-state index contributed by atoms with van der Waals surface area (Å²) in [7, 11) is -4.51. The van der Waals surface area contributed by atoms with Gasteiger partial charge in [-0.3, -0.25) is 0 Å². The van der Waals surface area contributed by atoms with Crippen molar-refractivity contribution in [2.75, 3.05) is 6.61 Å². The summed E-state index contributed by atoms with van der Waals surface area (Å²) in [4.78, 5) is -0.325. The minimum atomic E-state index is -4.51. The second-order valence-electron chi connectivity index (χ2n) is 3.65. The Hall–Kier alpha value is -0.330. The van der Waals surface area contributed by atoms with E-state index in [1.165, 1.54) is 12.1 Å². The Morgan fingerprint density at radius 1 is 1.47 bits per heavy atom. The van der Waals surface area contributed by atoms with Crippen molar-refractivity contribution >= 4 is 10.1 Å². The normalized spacial score (nSPS) is 10.5. The molecule has 1 aromatic rings. The van der Waals surface area contributed by atoms with Gasteiger partial charge in [0.2, 0.25) is 0 Å². The molecular formula is C11H13NaO4S. The van der Waals surface area contributed by atoms with E-state index in [2.05, 4.69) is 6.58 Å². The first-order valence-corrected chi connectivity index (χ1v) is 6.05. The van der Waals surface area contributed by atoms with Gasteiger partial charge in [-0.05, 0) is 37.1 Å². The van der Waals surface area contributed by atoms with E-state index in [9.17, 15) is 13.0 Å². The zero-order chi connectivity index (χ0) is 12.3. The number of ether oxygens (including phenoxy) is 1. The van der Waals surface area contributed by atoms with Gasteiger partial charge in [-0.15, -0.1) is 0 Å². The van der Waals surface area contributed by atoms with Gasteiger partial charge in [0.25, 0.3) is 0 Å². The molecule has 0 bridgehead atoms. The Morgan fingerprint density at radius 3 is 2.53 bits per heavy atom. The summed E-state index contributed by atoms with van der Waals surface area (Å²) < 4.78 is 38.2. The van der Waals surface area contributed by atoms with Crippen molar-refractivity contribution in [3.63, 3.8) is 0 Å². The summed E-state index contributed by atoms with van der Waals surface area (Å²) in [6.07, 6.45) is 0. The molecule has 17 heavy (non-hydrogen) atoms. The topological polar surface area (TPSA) is 66.4 Å². The van der Waals surface area contributed by atoms with Crippen LogP contribution in [-0.4, -0.2) is 19.6 Å². The van der Waals surface area contributed by atoms with Crippen LogP contribution in [0.1, 0.15) is 12.5 Å². The third kappa shape index (κ3) is 5.23. The zero-order valence-electron chi connectivity index (χ0n) is 10.2. The molecule has 0 amide bonds. The number of hydrogen-bond acceptors (Lipinski definition) is 4. The Labute approximate surface area is 124 Å². The van der Waals surface area contributed by atoms with Gasteiger partial charge >= 0.3 is 29.6 Å². The molecule has 4 nitrogen and oxygen atoms in total. The molecule has 1 rings (SSSR count). The van der Waals surface area contributed by atoms with Crippen LogP contribution in [-0.2, 0) is 10.1 Å². The van der Waals surface area contributed by atoms with Crippen molar-refractivity contribution in [2.45, 2.75) is 18.7 Å².